The molecule has 1 N–H and O–H groups in total. The van der Waals surface area contributed by atoms with Gasteiger partial charge in [-0.15, -0.1) is 0 Å². The van der Waals surface area contributed by atoms with Crippen molar-refractivity contribution >= 4 is 17.5 Å². The van der Waals surface area contributed by atoms with Crippen LogP contribution in [0.1, 0.15) is 39.3 Å². The van der Waals surface area contributed by atoms with Gasteiger partial charge >= 0.3 is 0 Å². The van der Waals surface area contributed by atoms with Crippen molar-refractivity contribution in [2.45, 2.75) is 39.8 Å². The van der Waals surface area contributed by atoms with Gasteiger partial charge in [0.1, 0.15) is 5.82 Å². The van der Waals surface area contributed by atoms with Crippen molar-refractivity contribution in [3.63, 3.8) is 0 Å². The molecule has 1 amide bonds. The number of morpholine rings is 1. The van der Waals surface area contributed by atoms with Gasteiger partial charge in [-0.25, -0.2) is 4.39 Å². The highest BCUT2D eigenvalue weighted by molar-refractivity contribution is 6.31. The van der Waals surface area contributed by atoms with E-state index in [1.165, 1.54) is 6.07 Å². The monoisotopic (exact) mass is 356 g/mol. The van der Waals surface area contributed by atoms with Crippen LogP contribution >= 0.6 is 11.6 Å². The zero-order chi connectivity index (χ0) is 17.9. The van der Waals surface area contributed by atoms with Crippen LogP contribution in [0.15, 0.2) is 18.2 Å². The Hall–Kier alpha value is -1.17. The molecule has 6 heteroatoms. The number of ether oxygens (including phenoxy) is 1. The van der Waals surface area contributed by atoms with E-state index in [2.05, 4.69) is 10.2 Å². The van der Waals surface area contributed by atoms with Crippen LogP contribution in [0.25, 0.3) is 0 Å². The van der Waals surface area contributed by atoms with Gasteiger partial charge in [0.15, 0.2) is 0 Å². The summed E-state index contributed by atoms with van der Waals surface area (Å²) < 4.78 is 20.0. The fourth-order valence-electron chi connectivity index (χ4n) is 2.83. The second-order valence-corrected chi connectivity index (χ2v) is 7.69. The third-order valence-corrected chi connectivity index (χ3v) is 4.51. The van der Waals surface area contributed by atoms with E-state index in [1.54, 1.807) is 12.1 Å². The zero-order valence-corrected chi connectivity index (χ0v) is 15.5. The molecule has 0 aromatic heterocycles. The molecule has 2 atom stereocenters. The summed E-state index contributed by atoms with van der Waals surface area (Å²) in [6.45, 7) is 9.77. The van der Waals surface area contributed by atoms with Crippen LogP contribution in [0, 0.1) is 11.2 Å². The van der Waals surface area contributed by atoms with Gasteiger partial charge in [-0.05, 0) is 19.1 Å². The third kappa shape index (κ3) is 4.68. The Kier molecular flexibility index (Phi) is 6.23. The summed E-state index contributed by atoms with van der Waals surface area (Å²) in [5.74, 6) is -0.419. The quantitative estimate of drug-likeness (QED) is 0.899. The minimum Gasteiger partial charge on any atom is -0.376 e. The number of nitrogens with zero attached hydrogens (tertiary/aromatic N) is 1. The van der Waals surface area contributed by atoms with Gasteiger partial charge in [-0.1, -0.05) is 38.4 Å². The van der Waals surface area contributed by atoms with Crippen LogP contribution < -0.4 is 5.32 Å². The number of amides is 1. The first-order valence-electron chi connectivity index (χ1n) is 8.28. The number of hydrogen-bond acceptors (Lipinski definition) is 3. The van der Waals surface area contributed by atoms with E-state index >= 15 is 0 Å². The summed E-state index contributed by atoms with van der Waals surface area (Å²) in [5, 5.41) is 3.32. The Bertz CT molecular complexity index is 569. The van der Waals surface area contributed by atoms with Crippen LogP contribution in [-0.4, -0.2) is 43.2 Å². The van der Waals surface area contributed by atoms with Crippen molar-refractivity contribution in [2.24, 2.45) is 5.41 Å². The summed E-state index contributed by atoms with van der Waals surface area (Å²) in [7, 11) is 0. The van der Waals surface area contributed by atoms with Gasteiger partial charge in [0.2, 0.25) is 5.91 Å². The molecule has 4 nitrogen and oxygen atoms in total. The van der Waals surface area contributed by atoms with E-state index in [-0.39, 0.29) is 23.9 Å². The molecule has 1 aromatic carbocycles. The molecule has 1 aliphatic heterocycles. The molecule has 0 saturated carbocycles. The highest BCUT2D eigenvalue weighted by Crippen LogP contribution is 2.31. The Morgan fingerprint density at radius 2 is 2.21 bits per heavy atom. The van der Waals surface area contributed by atoms with Crippen LogP contribution in [0.4, 0.5) is 4.39 Å². The molecule has 1 aliphatic rings. The summed E-state index contributed by atoms with van der Waals surface area (Å²) in [4.78, 5) is 14.4. The SMILES string of the molecule is C[C@H]1CN([C@H](CNC(=O)C(C)(C)C)c2c(F)cccc2Cl)CCO1. The van der Waals surface area contributed by atoms with Crippen LogP contribution in [-0.2, 0) is 9.53 Å². The van der Waals surface area contributed by atoms with E-state index < -0.39 is 5.41 Å². The van der Waals surface area contributed by atoms with E-state index in [0.717, 1.165) is 0 Å². The fraction of sp³-hybridized carbons (Fsp3) is 0.611. The molecule has 24 heavy (non-hydrogen) atoms. The number of rotatable bonds is 4. The summed E-state index contributed by atoms with van der Waals surface area (Å²) in [5.41, 5.74) is -0.0653. The van der Waals surface area contributed by atoms with Crippen LogP contribution in [0.2, 0.25) is 5.02 Å². The first-order valence-corrected chi connectivity index (χ1v) is 8.66. The summed E-state index contributed by atoms with van der Waals surface area (Å²) >= 11 is 6.27. The Balaban J connectivity index is 2.26. The maximum atomic E-state index is 14.5. The number of benzene rings is 1. The number of carbonyl (C=O) groups is 1. The van der Waals surface area contributed by atoms with Crippen molar-refractivity contribution in [2.75, 3.05) is 26.2 Å². The molecule has 1 heterocycles. The molecule has 0 bridgehead atoms. The average molecular weight is 357 g/mol. The first-order chi connectivity index (χ1) is 11.2. The molecule has 2 rings (SSSR count). The normalized spacial score (nSPS) is 20.7. The van der Waals surface area contributed by atoms with Gasteiger partial charge in [-0.2, -0.15) is 0 Å². The molecule has 0 unspecified atom stereocenters. The molecule has 0 spiro atoms. The predicted octanol–water partition coefficient (Wildman–Crippen LogP) is 3.40. The molecule has 1 saturated heterocycles. The molecule has 1 fully saturated rings. The van der Waals surface area contributed by atoms with E-state index in [1.807, 2.05) is 27.7 Å². The maximum Gasteiger partial charge on any atom is 0.225 e. The molecule has 0 aliphatic carbocycles. The second kappa shape index (κ2) is 7.81. The Labute approximate surface area is 148 Å². The highest BCUT2D eigenvalue weighted by atomic mass is 35.5. The highest BCUT2D eigenvalue weighted by Gasteiger charge is 2.30. The Morgan fingerprint density at radius 3 is 2.79 bits per heavy atom. The van der Waals surface area contributed by atoms with Crippen molar-refractivity contribution in [1.82, 2.24) is 10.2 Å². The number of halogens is 2. The van der Waals surface area contributed by atoms with E-state index in [9.17, 15) is 9.18 Å². The van der Waals surface area contributed by atoms with Gasteiger partial charge in [0, 0.05) is 35.6 Å². The van der Waals surface area contributed by atoms with Gasteiger partial charge in [-0.3, -0.25) is 9.69 Å². The predicted molar refractivity (Wildman–Crippen MR) is 93.6 cm³/mol. The number of hydrogen-bond donors (Lipinski definition) is 1. The van der Waals surface area contributed by atoms with Gasteiger partial charge in [0.25, 0.3) is 0 Å². The topological polar surface area (TPSA) is 41.6 Å². The minimum atomic E-state index is -0.498. The average Bonchev–Trinajstić information content (AvgIpc) is 2.48. The lowest BCUT2D eigenvalue weighted by molar-refractivity contribution is -0.128. The maximum absolute atomic E-state index is 14.5. The number of nitrogens with one attached hydrogen (secondary N) is 1. The lowest BCUT2D eigenvalue weighted by Crippen LogP contribution is -2.48. The van der Waals surface area contributed by atoms with Crippen molar-refractivity contribution < 1.29 is 13.9 Å². The van der Waals surface area contributed by atoms with Gasteiger partial charge in [0.05, 0.1) is 18.8 Å². The summed E-state index contributed by atoms with van der Waals surface area (Å²) in [6.07, 6.45) is 0.0603. The Morgan fingerprint density at radius 1 is 1.50 bits per heavy atom. The third-order valence-electron chi connectivity index (χ3n) is 4.18. The lowest BCUT2D eigenvalue weighted by Gasteiger charge is -2.38. The van der Waals surface area contributed by atoms with Gasteiger partial charge < -0.3 is 10.1 Å². The van der Waals surface area contributed by atoms with Crippen molar-refractivity contribution in [3.05, 3.63) is 34.6 Å². The van der Waals surface area contributed by atoms with Crippen LogP contribution in [0.3, 0.4) is 0 Å². The summed E-state index contributed by atoms with van der Waals surface area (Å²) in [6, 6.07) is 4.36. The largest absolute Gasteiger partial charge is 0.376 e. The van der Waals surface area contributed by atoms with E-state index in [0.29, 0.717) is 36.8 Å². The lowest BCUT2D eigenvalue weighted by atomic mass is 9.95. The first kappa shape index (κ1) is 19.2. The molecule has 0 radical (unpaired) electrons. The van der Waals surface area contributed by atoms with Crippen LogP contribution in [0.5, 0.6) is 0 Å². The molecular weight excluding hydrogens is 331 g/mol. The minimum absolute atomic E-state index is 0.0603. The second-order valence-electron chi connectivity index (χ2n) is 7.29. The van der Waals surface area contributed by atoms with Crippen molar-refractivity contribution in [1.29, 1.82) is 0 Å². The molecular formula is C18H26ClFN2O2. The fourth-order valence-corrected chi connectivity index (χ4v) is 3.11. The zero-order valence-electron chi connectivity index (χ0n) is 14.7. The van der Waals surface area contributed by atoms with E-state index in [4.69, 9.17) is 16.3 Å². The molecule has 134 valence electrons. The van der Waals surface area contributed by atoms with Crippen molar-refractivity contribution in [3.8, 4) is 0 Å². The molecule has 1 aromatic rings. The smallest absolute Gasteiger partial charge is 0.225 e. The number of carbonyl (C=O) groups excluding carboxylic acids is 1. The standard InChI is InChI=1S/C18H26ClFN2O2/c1-12-11-22(8-9-24-12)15(10-21-17(23)18(2,3)4)16-13(19)6-5-7-14(16)20/h5-7,12,15H,8-11H2,1-4H3,(H,21,23)/t12-,15+/m0/s1.